The Balaban J connectivity index is 1.41. The second kappa shape index (κ2) is 7.60. The van der Waals surface area contributed by atoms with Crippen LogP contribution in [0, 0.1) is 6.92 Å². The highest BCUT2D eigenvalue weighted by atomic mass is 16.5. The lowest BCUT2D eigenvalue weighted by Gasteiger charge is -2.08. The number of benzene rings is 2. The number of carboxylic acid groups (broad SMARTS) is 1. The largest absolute Gasteiger partial charge is 0.492 e. The van der Waals surface area contributed by atoms with E-state index in [0.29, 0.717) is 13.2 Å². The van der Waals surface area contributed by atoms with Gasteiger partial charge >= 0.3 is 5.97 Å². The minimum absolute atomic E-state index is 0.0496. The number of fused-ring (bicyclic) bond motifs is 1. The maximum absolute atomic E-state index is 10.9. The average Bonchev–Trinajstić information content (AvgIpc) is 3.26. The van der Waals surface area contributed by atoms with Gasteiger partial charge in [-0.1, -0.05) is 30.3 Å². The van der Waals surface area contributed by atoms with Crippen molar-refractivity contribution in [3.8, 4) is 17.0 Å². The molecule has 2 aromatic carbocycles. The number of carbonyl (C=O) groups is 1. The average molecular weight is 375 g/mol. The fourth-order valence-electron chi connectivity index (χ4n) is 3.29. The lowest BCUT2D eigenvalue weighted by Crippen LogP contribution is -2.11. The summed E-state index contributed by atoms with van der Waals surface area (Å²) in [5.41, 5.74) is 4.02. The molecule has 0 atom stereocenters. The van der Waals surface area contributed by atoms with Crippen molar-refractivity contribution in [3.63, 3.8) is 0 Å². The van der Waals surface area contributed by atoms with Crippen LogP contribution in [0.2, 0.25) is 0 Å². The van der Waals surface area contributed by atoms with Crippen LogP contribution in [0.5, 0.6) is 5.75 Å². The highest BCUT2D eigenvalue weighted by Crippen LogP contribution is 2.22. The minimum Gasteiger partial charge on any atom is -0.492 e. The number of hydrogen-bond acceptors (Lipinski definition) is 3. The number of nitrogens with zero attached hydrogens (tertiary/aromatic N) is 3. The van der Waals surface area contributed by atoms with Gasteiger partial charge in [0, 0.05) is 28.4 Å². The molecule has 0 unspecified atom stereocenters. The molecule has 0 aliphatic carbocycles. The second-order valence-corrected chi connectivity index (χ2v) is 6.67. The monoisotopic (exact) mass is 375 g/mol. The molecule has 6 heteroatoms. The summed E-state index contributed by atoms with van der Waals surface area (Å²) in [5, 5.41) is 14.6. The molecule has 0 spiro atoms. The Bertz CT molecular complexity index is 1110. The minimum atomic E-state index is -0.859. The molecule has 2 aromatic heterocycles. The molecule has 0 bridgehead atoms. The van der Waals surface area contributed by atoms with Gasteiger partial charge in [-0.25, -0.2) is 0 Å². The highest BCUT2D eigenvalue weighted by molar-refractivity contribution is 5.83. The molecule has 1 N–H and O–H groups in total. The predicted molar refractivity (Wildman–Crippen MR) is 107 cm³/mol. The van der Waals surface area contributed by atoms with Gasteiger partial charge in [0.2, 0.25) is 0 Å². The summed E-state index contributed by atoms with van der Waals surface area (Å²) in [6.45, 7) is 3.14. The lowest BCUT2D eigenvalue weighted by atomic mass is 10.1. The van der Waals surface area contributed by atoms with E-state index in [-0.39, 0.29) is 6.54 Å². The van der Waals surface area contributed by atoms with E-state index < -0.39 is 5.97 Å². The SMILES string of the molecule is Cc1cc(-c2ccccc2)nn1CCOc1ccc2c(ccn2CC(=O)O)c1. The normalized spacial score (nSPS) is 11.0. The summed E-state index contributed by atoms with van der Waals surface area (Å²) in [6, 6.07) is 19.8. The smallest absolute Gasteiger partial charge is 0.323 e. The summed E-state index contributed by atoms with van der Waals surface area (Å²) in [6.07, 6.45) is 1.78. The number of ether oxygens (including phenoxy) is 1. The van der Waals surface area contributed by atoms with Gasteiger partial charge in [-0.05, 0) is 37.3 Å². The zero-order valence-corrected chi connectivity index (χ0v) is 15.6. The lowest BCUT2D eigenvalue weighted by molar-refractivity contribution is -0.137. The Hall–Kier alpha value is -3.54. The van der Waals surface area contributed by atoms with E-state index in [1.54, 1.807) is 10.8 Å². The van der Waals surface area contributed by atoms with Crippen molar-refractivity contribution >= 4 is 16.9 Å². The molecular formula is C22H21N3O3. The summed E-state index contributed by atoms with van der Waals surface area (Å²) in [4.78, 5) is 10.9. The zero-order chi connectivity index (χ0) is 19.5. The number of carboxylic acids is 1. The van der Waals surface area contributed by atoms with E-state index in [0.717, 1.165) is 33.6 Å². The standard InChI is InChI=1S/C22H21N3O3/c1-16-13-20(17-5-3-2-4-6-17)23-25(16)11-12-28-19-7-8-21-18(14-19)9-10-24(21)15-22(26)27/h2-10,13-14H,11-12,15H2,1H3,(H,26,27). The van der Waals surface area contributed by atoms with Crippen LogP contribution in [0.15, 0.2) is 66.9 Å². The first-order valence-electron chi connectivity index (χ1n) is 9.13. The van der Waals surface area contributed by atoms with Gasteiger partial charge in [0.1, 0.15) is 18.9 Å². The molecule has 0 fully saturated rings. The summed E-state index contributed by atoms with van der Waals surface area (Å²) >= 11 is 0. The van der Waals surface area contributed by atoms with Gasteiger partial charge in [0.05, 0.1) is 12.2 Å². The molecule has 0 saturated heterocycles. The van der Waals surface area contributed by atoms with Crippen LogP contribution in [0.3, 0.4) is 0 Å². The number of hydrogen-bond donors (Lipinski definition) is 1. The molecule has 142 valence electrons. The number of rotatable bonds is 7. The van der Waals surface area contributed by atoms with E-state index in [4.69, 9.17) is 9.84 Å². The molecule has 2 heterocycles. The summed E-state index contributed by atoms with van der Waals surface area (Å²) in [7, 11) is 0. The summed E-state index contributed by atoms with van der Waals surface area (Å²) in [5.74, 6) is -0.101. The third-order valence-corrected chi connectivity index (χ3v) is 4.67. The number of aryl methyl sites for hydroxylation is 1. The van der Waals surface area contributed by atoms with Crippen LogP contribution < -0.4 is 4.74 Å². The Labute approximate surface area is 162 Å². The topological polar surface area (TPSA) is 69.3 Å². The van der Waals surface area contributed by atoms with Crippen molar-refractivity contribution in [1.29, 1.82) is 0 Å². The molecule has 0 radical (unpaired) electrons. The van der Waals surface area contributed by atoms with Gasteiger partial charge in [0.15, 0.2) is 0 Å². The Kier molecular flexibility index (Phi) is 4.85. The van der Waals surface area contributed by atoms with Crippen LogP contribution in [-0.2, 0) is 17.9 Å². The van der Waals surface area contributed by atoms with E-state index in [2.05, 4.69) is 11.2 Å². The van der Waals surface area contributed by atoms with Crippen LogP contribution in [0.4, 0.5) is 0 Å². The molecule has 0 aliphatic heterocycles. The quantitative estimate of drug-likeness (QED) is 0.530. The molecule has 0 amide bonds. The van der Waals surface area contributed by atoms with Gasteiger partial charge in [0.25, 0.3) is 0 Å². The highest BCUT2D eigenvalue weighted by Gasteiger charge is 2.08. The molecule has 0 aliphatic rings. The van der Waals surface area contributed by atoms with E-state index >= 15 is 0 Å². The second-order valence-electron chi connectivity index (χ2n) is 6.67. The van der Waals surface area contributed by atoms with Crippen molar-refractivity contribution in [2.24, 2.45) is 0 Å². The molecule has 4 aromatic rings. The molecule has 6 nitrogen and oxygen atoms in total. The first kappa shape index (κ1) is 17.9. The van der Waals surface area contributed by atoms with Gasteiger partial charge in [-0.3, -0.25) is 9.48 Å². The fourth-order valence-corrected chi connectivity index (χ4v) is 3.29. The van der Waals surface area contributed by atoms with E-state index in [1.807, 2.05) is 66.2 Å². The maximum atomic E-state index is 10.9. The zero-order valence-electron chi connectivity index (χ0n) is 15.6. The molecule has 4 rings (SSSR count). The first-order valence-corrected chi connectivity index (χ1v) is 9.13. The Morgan fingerprint density at radius 2 is 1.93 bits per heavy atom. The van der Waals surface area contributed by atoms with Crippen LogP contribution in [0.25, 0.3) is 22.2 Å². The fraction of sp³-hybridized carbons (Fsp3) is 0.182. The van der Waals surface area contributed by atoms with Gasteiger partial charge in [-0.2, -0.15) is 5.10 Å². The Morgan fingerprint density at radius 1 is 1.11 bits per heavy atom. The van der Waals surface area contributed by atoms with E-state index in [1.165, 1.54) is 0 Å². The van der Waals surface area contributed by atoms with Crippen LogP contribution in [-0.4, -0.2) is 32.0 Å². The molecule has 0 saturated carbocycles. The van der Waals surface area contributed by atoms with Crippen molar-refractivity contribution in [1.82, 2.24) is 14.3 Å². The van der Waals surface area contributed by atoms with Crippen LogP contribution >= 0.6 is 0 Å². The first-order chi connectivity index (χ1) is 13.6. The van der Waals surface area contributed by atoms with Crippen molar-refractivity contribution in [2.75, 3.05) is 6.61 Å². The third kappa shape index (κ3) is 3.76. The van der Waals surface area contributed by atoms with Crippen molar-refractivity contribution in [2.45, 2.75) is 20.0 Å². The molecular weight excluding hydrogens is 354 g/mol. The molecule has 28 heavy (non-hydrogen) atoms. The van der Waals surface area contributed by atoms with Gasteiger partial charge in [-0.15, -0.1) is 0 Å². The Morgan fingerprint density at radius 3 is 2.71 bits per heavy atom. The summed E-state index contributed by atoms with van der Waals surface area (Å²) < 4.78 is 9.55. The maximum Gasteiger partial charge on any atom is 0.323 e. The van der Waals surface area contributed by atoms with Crippen molar-refractivity contribution in [3.05, 3.63) is 72.6 Å². The number of aliphatic carboxylic acids is 1. The predicted octanol–water partition coefficient (Wildman–Crippen LogP) is 3.98. The van der Waals surface area contributed by atoms with E-state index in [9.17, 15) is 4.79 Å². The van der Waals surface area contributed by atoms with Gasteiger partial charge < -0.3 is 14.4 Å². The van der Waals surface area contributed by atoms with Crippen LogP contribution in [0.1, 0.15) is 5.69 Å². The van der Waals surface area contributed by atoms with Crippen molar-refractivity contribution < 1.29 is 14.6 Å². The third-order valence-electron chi connectivity index (χ3n) is 4.67. The number of aromatic nitrogens is 3.